The number of ether oxygens (including phenoxy) is 1. The molecule has 19 heavy (non-hydrogen) atoms. The van der Waals surface area contributed by atoms with Gasteiger partial charge in [0, 0.05) is 17.5 Å². The highest BCUT2D eigenvalue weighted by Gasteiger charge is 1.98. The van der Waals surface area contributed by atoms with Crippen molar-refractivity contribution >= 4 is 17.7 Å². The van der Waals surface area contributed by atoms with Crippen LogP contribution in [0.2, 0.25) is 0 Å². The van der Waals surface area contributed by atoms with Crippen molar-refractivity contribution in [3.63, 3.8) is 0 Å². The molecule has 1 aromatic rings. The predicted molar refractivity (Wildman–Crippen MR) is 81.0 cm³/mol. The molecule has 0 saturated heterocycles. The summed E-state index contributed by atoms with van der Waals surface area (Å²) in [4.78, 5) is 11.1. The third kappa shape index (κ3) is 8.32. The maximum Gasteiger partial charge on any atom is 0.332 e. The van der Waals surface area contributed by atoms with Crippen LogP contribution in [0.4, 0.5) is 0 Å². The fourth-order valence-electron chi connectivity index (χ4n) is 1.55. The Labute approximate surface area is 119 Å². The molecule has 0 unspecified atom stereocenters. The number of hydrogen-bond acceptors (Lipinski definition) is 4. The zero-order valence-electron chi connectivity index (χ0n) is 11.3. The lowest BCUT2D eigenvalue weighted by atomic mass is 10.1. The van der Waals surface area contributed by atoms with Crippen LogP contribution in [-0.4, -0.2) is 24.1 Å². The molecule has 0 amide bonds. The van der Waals surface area contributed by atoms with Crippen molar-refractivity contribution in [2.75, 3.05) is 18.1 Å². The highest BCUT2D eigenvalue weighted by atomic mass is 32.2. The van der Waals surface area contributed by atoms with Crippen LogP contribution in [0.1, 0.15) is 18.9 Å². The number of carbonyl (C=O) groups excluding carboxylic acids is 1. The van der Waals surface area contributed by atoms with Crippen LogP contribution in [0.15, 0.2) is 42.1 Å². The molecule has 0 fully saturated rings. The number of allylic oxidation sites excluding steroid dienone is 1. The molecule has 104 valence electrons. The highest BCUT2D eigenvalue weighted by molar-refractivity contribution is 7.99. The van der Waals surface area contributed by atoms with Crippen LogP contribution < -0.4 is 5.73 Å². The van der Waals surface area contributed by atoms with E-state index in [1.54, 1.807) is 18.7 Å². The molecule has 0 radical (unpaired) electrons. The third-order valence-electron chi connectivity index (χ3n) is 2.41. The van der Waals surface area contributed by atoms with E-state index < -0.39 is 0 Å². The molecule has 4 heteroatoms. The summed E-state index contributed by atoms with van der Waals surface area (Å²) in [5.41, 5.74) is 7.22. The van der Waals surface area contributed by atoms with E-state index in [4.69, 9.17) is 10.5 Å². The van der Waals surface area contributed by atoms with Gasteiger partial charge >= 0.3 is 5.97 Å². The summed E-state index contributed by atoms with van der Waals surface area (Å²) in [6.07, 6.45) is 3.55. The van der Waals surface area contributed by atoms with Gasteiger partial charge in [-0.2, -0.15) is 11.8 Å². The molecule has 0 bridgehead atoms. The average Bonchev–Trinajstić information content (AvgIpc) is 2.38. The summed E-state index contributed by atoms with van der Waals surface area (Å²) >= 11 is 1.80. The zero-order chi connectivity index (χ0) is 13.9. The minimum Gasteiger partial charge on any atom is -0.462 e. The largest absolute Gasteiger partial charge is 0.462 e. The first-order valence-corrected chi connectivity index (χ1v) is 7.56. The van der Waals surface area contributed by atoms with Gasteiger partial charge in [0.25, 0.3) is 0 Å². The number of benzene rings is 1. The Morgan fingerprint density at radius 3 is 2.74 bits per heavy atom. The summed E-state index contributed by atoms with van der Waals surface area (Å²) in [6, 6.07) is 10.5. The van der Waals surface area contributed by atoms with Gasteiger partial charge in [0.1, 0.15) is 6.61 Å². The minimum absolute atomic E-state index is 0.357. The van der Waals surface area contributed by atoms with Crippen LogP contribution in [-0.2, 0) is 16.0 Å². The maximum atomic E-state index is 11.1. The van der Waals surface area contributed by atoms with Crippen LogP contribution in [0, 0.1) is 0 Å². The first-order valence-electron chi connectivity index (χ1n) is 6.40. The minimum atomic E-state index is -0.357. The van der Waals surface area contributed by atoms with Crippen LogP contribution in [0.5, 0.6) is 0 Å². The lowest BCUT2D eigenvalue weighted by molar-refractivity contribution is -0.137. The van der Waals surface area contributed by atoms with E-state index in [2.05, 4.69) is 24.3 Å². The Balaban J connectivity index is 1.97. The van der Waals surface area contributed by atoms with Crippen LogP contribution >= 0.6 is 11.8 Å². The van der Waals surface area contributed by atoms with Gasteiger partial charge in [0.15, 0.2) is 0 Å². The molecule has 1 aromatic carbocycles. The van der Waals surface area contributed by atoms with Crippen molar-refractivity contribution in [2.24, 2.45) is 5.73 Å². The number of aryl methyl sites for hydroxylation is 1. The topological polar surface area (TPSA) is 52.3 Å². The number of thioether (sulfide) groups is 1. The standard InChI is InChI=1S/C15H21NO2S/c1-13(16)12-15(17)18-9-11-19-10-5-8-14-6-3-2-4-7-14/h2-4,6-7,12H,5,8-11,16H2,1H3/b13-12-. The van der Waals surface area contributed by atoms with Gasteiger partial charge in [-0.05, 0) is 31.1 Å². The summed E-state index contributed by atoms with van der Waals surface area (Å²) in [5, 5.41) is 0. The average molecular weight is 279 g/mol. The van der Waals surface area contributed by atoms with Crippen molar-refractivity contribution in [3.8, 4) is 0 Å². The summed E-state index contributed by atoms with van der Waals surface area (Å²) in [5.74, 6) is 1.56. The second-order valence-corrected chi connectivity index (χ2v) is 5.48. The molecule has 0 spiro atoms. The lowest BCUT2D eigenvalue weighted by Crippen LogP contribution is -2.07. The van der Waals surface area contributed by atoms with Gasteiger partial charge < -0.3 is 10.5 Å². The van der Waals surface area contributed by atoms with Crippen molar-refractivity contribution in [1.29, 1.82) is 0 Å². The normalized spacial score (nSPS) is 11.3. The Hall–Kier alpha value is -1.42. The van der Waals surface area contributed by atoms with Gasteiger partial charge in [-0.3, -0.25) is 0 Å². The predicted octanol–water partition coefficient (Wildman–Crippen LogP) is 2.76. The Kier molecular flexibility index (Phi) is 7.82. The molecular weight excluding hydrogens is 258 g/mol. The first-order chi connectivity index (χ1) is 9.18. The molecule has 0 atom stereocenters. The maximum absolute atomic E-state index is 11.1. The van der Waals surface area contributed by atoms with Crippen LogP contribution in [0.3, 0.4) is 0 Å². The summed E-state index contributed by atoms with van der Waals surface area (Å²) < 4.78 is 5.00. The summed E-state index contributed by atoms with van der Waals surface area (Å²) in [6.45, 7) is 2.11. The van der Waals surface area contributed by atoms with Gasteiger partial charge in [-0.25, -0.2) is 4.79 Å². The van der Waals surface area contributed by atoms with Gasteiger partial charge in [0.05, 0.1) is 0 Å². The van der Waals surface area contributed by atoms with Crippen molar-refractivity contribution in [2.45, 2.75) is 19.8 Å². The monoisotopic (exact) mass is 279 g/mol. The number of rotatable bonds is 8. The molecule has 0 aliphatic rings. The fourth-order valence-corrected chi connectivity index (χ4v) is 2.31. The molecule has 3 nitrogen and oxygen atoms in total. The molecule has 2 N–H and O–H groups in total. The number of carbonyl (C=O) groups is 1. The fraction of sp³-hybridized carbons (Fsp3) is 0.400. The van der Waals surface area contributed by atoms with Gasteiger partial charge in [-0.1, -0.05) is 30.3 Å². The van der Waals surface area contributed by atoms with Crippen LogP contribution in [0.25, 0.3) is 0 Å². The molecule has 0 aliphatic heterocycles. The van der Waals surface area contributed by atoms with E-state index >= 15 is 0 Å². The second kappa shape index (κ2) is 9.50. The highest BCUT2D eigenvalue weighted by Crippen LogP contribution is 2.07. The number of esters is 1. The van der Waals surface area contributed by atoms with E-state index in [1.807, 2.05) is 6.07 Å². The molecule has 0 saturated carbocycles. The number of nitrogens with two attached hydrogens (primary N) is 1. The molecule has 1 rings (SSSR count). The van der Waals surface area contributed by atoms with E-state index in [1.165, 1.54) is 11.6 Å². The van der Waals surface area contributed by atoms with Gasteiger partial charge in [-0.15, -0.1) is 0 Å². The second-order valence-electron chi connectivity index (χ2n) is 4.26. The molecule has 0 heterocycles. The third-order valence-corrected chi connectivity index (χ3v) is 3.45. The molecule has 0 aromatic heterocycles. The van der Waals surface area contributed by atoms with E-state index in [0.717, 1.165) is 24.3 Å². The molecule has 0 aliphatic carbocycles. The first kappa shape index (κ1) is 15.6. The van der Waals surface area contributed by atoms with Crippen molar-refractivity contribution in [1.82, 2.24) is 0 Å². The Morgan fingerprint density at radius 2 is 2.05 bits per heavy atom. The van der Waals surface area contributed by atoms with E-state index in [9.17, 15) is 4.79 Å². The van der Waals surface area contributed by atoms with E-state index in [0.29, 0.717) is 12.3 Å². The molecular formula is C15H21NO2S. The smallest absolute Gasteiger partial charge is 0.332 e. The SMILES string of the molecule is C/C(N)=C/C(=O)OCCSCCCc1ccccc1. The quantitative estimate of drug-likeness (QED) is 0.451. The summed E-state index contributed by atoms with van der Waals surface area (Å²) in [7, 11) is 0. The zero-order valence-corrected chi connectivity index (χ0v) is 12.1. The Morgan fingerprint density at radius 1 is 1.32 bits per heavy atom. The van der Waals surface area contributed by atoms with Crippen molar-refractivity contribution < 1.29 is 9.53 Å². The van der Waals surface area contributed by atoms with E-state index in [-0.39, 0.29) is 5.97 Å². The van der Waals surface area contributed by atoms with Gasteiger partial charge in [0.2, 0.25) is 0 Å². The Bertz CT molecular complexity index is 400. The lowest BCUT2D eigenvalue weighted by Gasteiger charge is -2.03. The van der Waals surface area contributed by atoms with Crippen molar-refractivity contribution in [3.05, 3.63) is 47.7 Å². The number of hydrogen-bond donors (Lipinski definition) is 1.